The summed E-state index contributed by atoms with van der Waals surface area (Å²) in [4.78, 5) is 24.2. The smallest absolute Gasteiger partial charge is 0.298 e. The highest BCUT2D eigenvalue weighted by molar-refractivity contribution is 5.98. The Balaban J connectivity index is 1.24. The van der Waals surface area contributed by atoms with Crippen LogP contribution in [0.25, 0.3) is 16.9 Å². The van der Waals surface area contributed by atoms with Crippen molar-refractivity contribution in [1.82, 2.24) is 24.9 Å². The van der Waals surface area contributed by atoms with Crippen LogP contribution in [0.4, 0.5) is 6.01 Å². The summed E-state index contributed by atoms with van der Waals surface area (Å²) in [6.45, 7) is 8.33. The Morgan fingerprint density at radius 1 is 1.00 bits per heavy atom. The topological polar surface area (TPSA) is 80.3 Å². The van der Waals surface area contributed by atoms with Crippen molar-refractivity contribution < 1.29 is 9.21 Å². The SMILES string of the molecule is Cc1cccc(-c2nc(N3C[C@@H]4CCN(C(=O)c5cc(C)ccc5-n5nccn5)C[C@@H]43)oc2C)c1. The molecule has 0 aliphatic carbocycles. The number of likely N-dealkylation sites (tertiary alicyclic amines) is 1. The van der Waals surface area contributed by atoms with E-state index in [0.717, 1.165) is 42.1 Å². The van der Waals surface area contributed by atoms with E-state index in [4.69, 9.17) is 9.40 Å². The number of nitrogens with zero attached hydrogens (tertiary/aromatic N) is 6. The molecule has 2 aliphatic rings. The lowest BCUT2D eigenvalue weighted by Gasteiger charge is -2.52. The first-order chi connectivity index (χ1) is 17.0. The van der Waals surface area contributed by atoms with Crippen molar-refractivity contribution in [2.45, 2.75) is 33.2 Å². The molecular formula is C27H28N6O2. The van der Waals surface area contributed by atoms with Gasteiger partial charge in [0.1, 0.15) is 11.5 Å². The fraction of sp³-hybridized carbons (Fsp3) is 0.333. The van der Waals surface area contributed by atoms with Crippen molar-refractivity contribution in [1.29, 1.82) is 0 Å². The second-order valence-electron chi connectivity index (χ2n) is 9.63. The van der Waals surface area contributed by atoms with E-state index in [1.807, 2.05) is 43.0 Å². The number of hydrogen-bond donors (Lipinski definition) is 0. The maximum Gasteiger partial charge on any atom is 0.298 e. The number of carbonyl (C=O) groups is 1. The molecule has 2 atom stereocenters. The third-order valence-electron chi connectivity index (χ3n) is 7.18. The quantitative estimate of drug-likeness (QED) is 0.447. The Labute approximate surface area is 204 Å². The van der Waals surface area contributed by atoms with Gasteiger partial charge in [-0.1, -0.05) is 35.4 Å². The predicted octanol–water partition coefficient (Wildman–Crippen LogP) is 4.20. The van der Waals surface area contributed by atoms with Crippen LogP contribution in [-0.2, 0) is 0 Å². The van der Waals surface area contributed by atoms with Gasteiger partial charge in [-0.3, -0.25) is 4.79 Å². The minimum absolute atomic E-state index is 0.00957. The lowest BCUT2D eigenvalue weighted by Crippen LogP contribution is -2.65. The largest absolute Gasteiger partial charge is 0.428 e. The zero-order chi connectivity index (χ0) is 24.1. The maximum absolute atomic E-state index is 13.7. The Morgan fingerprint density at radius 3 is 2.60 bits per heavy atom. The van der Waals surface area contributed by atoms with E-state index in [-0.39, 0.29) is 11.9 Å². The Morgan fingerprint density at radius 2 is 1.80 bits per heavy atom. The van der Waals surface area contributed by atoms with Crippen LogP contribution >= 0.6 is 0 Å². The molecule has 0 spiro atoms. The van der Waals surface area contributed by atoms with Crippen LogP contribution < -0.4 is 4.90 Å². The van der Waals surface area contributed by atoms with Gasteiger partial charge in [-0.15, -0.1) is 0 Å². The summed E-state index contributed by atoms with van der Waals surface area (Å²) >= 11 is 0. The fourth-order valence-electron chi connectivity index (χ4n) is 5.27. The predicted molar refractivity (Wildman–Crippen MR) is 133 cm³/mol. The number of aryl methyl sites for hydroxylation is 3. The van der Waals surface area contributed by atoms with Crippen molar-refractivity contribution in [3.63, 3.8) is 0 Å². The molecule has 2 aliphatic heterocycles. The number of rotatable bonds is 4. The van der Waals surface area contributed by atoms with E-state index < -0.39 is 0 Å². The van der Waals surface area contributed by atoms with Gasteiger partial charge in [-0.25, -0.2) is 0 Å². The van der Waals surface area contributed by atoms with Crippen LogP contribution in [0.2, 0.25) is 0 Å². The molecule has 4 aromatic rings. The van der Waals surface area contributed by atoms with E-state index in [2.05, 4.69) is 40.2 Å². The molecule has 2 saturated heterocycles. The van der Waals surface area contributed by atoms with Crippen molar-refractivity contribution in [2.75, 3.05) is 24.5 Å². The molecule has 8 heteroatoms. The number of fused-ring (bicyclic) bond motifs is 1. The summed E-state index contributed by atoms with van der Waals surface area (Å²) in [6.07, 6.45) is 4.21. The van der Waals surface area contributed by atoms with Gasteiger partial charge >= 0.3 is 0 Å². The van der Waals surface area contributed by atoms with Gasteiger partial charge in [0.2, 0.25) is 0 Å². The third-order valence-corrected chi connectivity index (χ3v) is 7.18. The van der Waals surface area contributed by atoms with Crippen molar-refractivity contribution in [2.24, 2.45) is 5.92 Å². The van der Waals surface area contributed by atoms with Gasteiger partial charge in [0.15, 0.2) is 0 Å². The van der Waals surface area contributed by atoms with Crippen LogP contribution in [0.3, 0.4) is 0 Å². The highest BCUT2D eigenvalue weighted by atomic mass is 16.4. The fourth-order valence-corrected chi connectivity index (χ4v) is 5.27. The first-order valence-corrected chi connectivity index (χ1v) is 12.1. The van der Waals surface area contributed by atoms with Gasteiger partial charge < -0.3 is 14.2 Å². The molecule has 2 aromatic carbocycles. The first-order valence-electron chi connectivity index (χ1n) is 12.1. The second kappa shape index (κ2) is 8.37. The standard InChI is InChI=1S/C27H28N6O2/c1-17-5-4-6-20(13-17)25-19(3)35-27(30-25)32-15-21-9-12-31(16-24(21)32)26(34)22-14-18(2)7-8-23(22)33-28-10-11-29-33/h4-8,10-11,13-14,21,24H,9,12,15-16H2,1-3H3/t21-,24-/m0/s1. The molecule has 2 fully saturated rings. The van der Waals surface area contributed by atoms with Crippen LogP contribution in [0, 0.1) is 26.7 Å². The molecule has 6 rings (SSSR count). The van der Waals surface area contributed by atoms with E-state index >= 15 is 0 Å². The van der Waals surface area contributed by atoms with Crippen molar-refractivity contribution >= 4 is 11.9 Å². The molecule has 8 nitrogen and oxygen atoms in total. The van der Waals surface area contributed by atoms with Crippen LogP contribution in [0.1, 0.15) is 33.7 Å². The highest BCUT2D eigenvalue weighted by Crippen LogP contribution is 2.38. The van der Waals surface area contributed by atoms with Gasteiger partial charge in [-0.05, 0) is 45.4 Å². The molecule has 0 saturated carbocycles. The first kappa shape index (κ1) is 21.6. The normalized spacial score (nSPS) is 19.4. The minimum atomic E-state index is 0.00957. The van der Waals surface area contributed by atoms with E-state index in [1.54, 1.807) is 12.4 Å². The average Bonchev–Trinajstić information content (AvgIpc) is 3.49. The van der Waals surface area contributed by atoms with Gasteiger partial charge in [0.25, 0.3) is 11.9 Å². The van der Waals surface area contributed by atoms with Gasteiger partial charge in [0.05, 0.1) is 29.7 Å². The number of oxazole rings is 1. The molecule has 178 valence electrons. The summed E-state index contributed by atoms with van der Waals surface area (Å²) in [5.41, 5.74) is 5.49. The molecule has 0 bridgehead atoms. The molecule has 0 unspecified atom stereocenters. The molecule has 4 heterocycles. The van der Waals surface area contributed by atoms with Gasteiger partial charge in [0, 0.05) is 31.1 Å². The summed E-state index contributed by atoms with van der Waals surface area (Å²) < 4.78 is 6.12. The zero-order valence-electron chi connectivity index (χ0n) is 20.2. The van der Waals surface area contributed by atoms with Gasteiger partial charge in [-0.2, -0.15) is 20.0 Å². The summed E-state index contributed by atoms with van der Waals surface area (Å²) in [5, 5.41) is 8.48. The number of piperidine rings is 1. The second-order valence-corrected chi connectivity index (χ2v) is 9.63. The van der Waals surface area contributed by atoms with Crippen LogP contribution in [0.5, 0.6) is 0 Å². The molecule has 2 aromatic heterocycles. The van der Waals surface area contributed by atoms with Crippen LogP contribution in [-0.4, -0.2) is 56.5 Å². The van der Waals surface area contributed by atoms with Crippen LogP contribution in [0.15, 0.2) is 59.3 Å². The maximum atomic E-state index is 13.7. The Bertz CT molecular complexity index is 1390. The lowest BCUT2D eigenvalue weighted by molar-refractivity contribution is 0.0582. The highest BCUT2D eigenvalue weighted by Gasteiger charge is 2.46. The molecule has 35 heavy (non-hydrogen) atoms. The average molecular weight is 469 g/mol. The monoisotopic (exact) mass is 468 g/mol. The molecule has 0 N–H and O–H groups in total. The number of amides is 1. The molecular weight excluding hydrogens is 440 g/mol. The Kier molecular flexibility index (Phi) is 5.16. The number of hydrogen-bond acceptors (Lipinski definition) is 6. The van der Waals surface area contributed by atoms with Crippen molar-refractivity contribution in [3.05, 3.63) is 77.3 Å². The molecule has 1 amide bonds. The summed E-state index contributed by atoms with van der Waals surface area (Å²) in [6, 6.07) is 15.0. The zero-order valence-corrected chi connectivity index (χ0v) is 20.2. The third kappa shape index (κ3) is 3.79. The number of anilines is 1. The van der Waals surface area contributed by atoms with E-state index in [1.165, 1.54) is 10.4 Å². The Hall–Kier alpha value is -3.94. The van der Waals surface area contributed by atoms with E-state index in [9.17, 15) is 4.79 Å². The summed E-state index contributed by atoms with van der Waals surface area (Å²) in [7, 11) is 0. The minimum Gasteiger partial charge on any atom is -0.428 e. The van der Waals surface area contributed by atoms with E-state index in [0.29, 0.717) is 29.7 Å². The lowest BCUT2D eigenvalue weighted by atomic mass is 9.82. The van der Waals surface area contributed by atoms with Crippen molar-refractivity contribution in [3.8, 4) is 16.9 Å². The molecule has 0 radical (unpaired) electrons. The number of aromatic nitrogens is 4. The number of benzene rings is 2. The number of carbonyl (C=O) groups excluding carboxylic acids is 1. The summed E-state index contributed by atoms with van der Waals surface area (Å²) in [5.74, 6) is 1.36.